The predicted molar refractivity (Wildman–Crippen MR) is 82.6 cm³/mol. The molecule has 0 aliphatic rings. The Morgan fingerprint density at radius 3 is 2.74 bits per heavy atom. The highest BCUT2D eigenvalue weighted by atomic mass is 127. The van der Waals surface area contributed by atoms with Crippen molar-refractivity contribution in [1.82, 2.24) is 4.98 Å². The molecule has 1 aromatic heterocycles. The molecule has 0 saturated heterocycles. The van der Waals surface area contributed by atoms with Crippen LogP contribution in [-0.2, 0) is 11.2 Å². The van der Waals surface area contributed by atoms with Gasteiger partial charge in [0.15, 0.2) is 0 Å². The first-order valence-electron chi connectivity index (χ1n) is 6.09. The van der Waals surface area contributed by atoms with Gasteiger partial charge in [-0.3, -0.25) is 4.79 Å². The molecular formula is C14H14INO3. The van der Waals surface area contributed by atoms with Crippen molar-refractivity contribution in [2.45, 2.75) is 20.3 Å². The van der Waals surface area contributed by atoms with Gasteiger partial charge >= 0.3 is 5.97 Å². The molecule has 0 atom stereocenters. The van der Waals surface area contributed by atoms with Crippen LogP contribution >= 0.6 is 22.6 Å². The zero-order valence-corrected chi connectivity index (χ0v) is 12.9. The van der Waals surface area contributed by atoms with Crippen LogP contribution in [0.2, 0.25) is 0 Å². The maximum Gasteiger partial charge on any atom is 0.343 e. The summed E-state index contributed by atoms with van der Waals surface area (Å²) in [5.74, 6) is -0.581. The van der Waals surface area contributed by atoms with E-state index >= 15 is 0 Å². The highest BCUT2D eigenvalue weighted by molar-refractivity contribution is 14.1. The number of H-pyrrole nitrogens is 1. The van der Waals surface area contributed by atoms with Gasteiger partial charge in [0, 0.05) is 15.2 Å². The minimum Gasteiger partial charge on any atom is -0.462 e. The summed E-state index contributed by atoms with van der Waals surface area (Å²) < 4.78 is 5.98. The molecule has 0 aliphatic carbocycles. The fraction of sp³-hybridized carbons (Fsp3) is 0.286. The maximum absolute atomic E-state index is 12.3. The Kier molecular flexibility index (Phi) is 4.24. The number of rotatable bonds is 3. The summed E-state index contributed by atoms with van der Waals surface area (Å²) in [6, 6.07) is 3.77. The second kappa shape index (κ2) is 5.73. The van der Waals surface area contributed by atoms with Crippen LogP contribution in [0.3, 0.4) is 0 Å². The minimum atomic E-state index is -0.581. The molecule has 0 amide bonds. The quantitative estimate of drug-likeness (QED) is 0.667. The molecule has 19 heavy (non-hydrogen) atoms. The monoisotopic (exact) mass is 371 g/mol. The Bertz CT molecular complexity index is 691. The number of benzene rings is 1. The van der Waals surface area contributed by atoms with Crippen molar-refractivity contribution in [1.29, 1.82) is 0 Å². The van der Waals surface area contributed by atoms with Crippen LogP contribution < -0.4 is 5.43 Å². The molecular weight excluding hydrogens is 357 g/mol. The lowest BCUT2D eigenvalue weighted by Crippen LogP contribution is -2.18. The summed E-state index contributed by atoms with van der Waals surface area (Å²) in [6.45, 7) is 4.00. The maximum atomic E-state index is 12.3. The molecule has 100 valence electrons. The van der Waals surface area contributed by atoms with Crippen LogP contribution in [0.4, 0.5) is 0 Å². The van der Waals surface area contributed by atoms with Gasteiger partial charge in [0.25, 0.3) is 0 Å². The van der Waals surface area contributed by atoms with Gasteiger partial charge in [-0.2, -0.15) is 0 Å². The third-order valence-electron chi connectivity index (χ3n) is 2.92. The summed E-state index contributed by atoms with van der Waals surface area (Å²) in [5.41, 5.74) is 1.61. The normalized spacial score (nSPS) is 10.7. The molecule has 0 fully saturated rings. The number of carbonyl (C=O) groups excluding carboxylic acids is 1. The molecule has 4 nitrogen and oxygen atoms in total. The van der Waals surface area contributed by atoms with E-state index in [0.29, 0.717) is 5.39 Å². The highest BCUT2D eigenvalue weighted by Crippen LogP contribution is 2.19. The van der Waals surface area contributed by atoms with E-state index in [9.17, 15) is 9.59 Å². The fourth-order valence-corrected chi connectivity index (χ4v) is 2.77. The van der Waals surface area contributed by atoms with E-state index in [4.69, 9.17) is 4.74 Å². The molecule has 2 rings (SSSR count). The number of hydrogen-bond acceptors (Lipinski definition) is 3. The average Bonchev–Trinajstić information content (AvgIpc) is 2.38. The van der Waals surface area contributed by atoms with E-state index in [-0.39, 0.29) is 17.6 Å². The van der Waals surface area contributed by atoms with E-state index in [0.717, 1.165) is 21.1 Å². The number of halogens is 1. The Morgan fingerprint density at radius 1 is 1.37 bits per heavy atom. The lowest BCUT2D eigenvalue weighted by atomic mass is 10.1. The molecule has 1 N–H and O–H groups in total. The number of aryl methyl sites for hydroxylation is 1. The third kappa shape index (κ3) is 2.65. The number of pyridine rings is 1. The molecule has 0 aliphatic heterocycles. The van der Waals surface area contributed by atoms with Gasteiger partial charge < -0.3 is 9.72 Å². The molecule has 0 unspecified atom stereocenters. The van der Waals surface area contributed by atoms with Crippen molar-refractivity contribution >= 4 is 39.5 Å². The van der Waals surface area contributed by atoms with Crippen LogP contribution in [-0.4, -0.2) is 17.6 Å². The van der Waals surface area contributed by atoms with Gasteiger partial charge in [-0.15, -0.1) is 0 Å². The average molecular weight is 371 g/mol. The van der Waals surface area contributed by atoms with Crippen LogP contribution in [0.25, 0.3) is 10.9 Å². The van der Waals surface area contributed by atoms with Crippen molar-refractivity contribution < 1.29 is 9.53 Å². The number of carbonyl (C=O) groups is 1. The Hall–Kier alpha value is -1.37. The van der Waals surface area contributed by atoms with Crippen molar-refractivity contribution in [3.05, 3.63) is 43.2 Å². The third-order valence-corrected chi connectivity index (χ3v) is 3.93. The van der Waals surface area contributed by atoms with E-state index in [1.807, 2.05) is 19.1 Å². The first-order valence-corrected chi connectivity index (χ1v) is 7.17. The molecule has 1 heterocycles. The van der Waals surface area contributed by atoms with Crippen LogP contribution in [0, 0.1) is 3.57 Å². The lowest BCUT2D eigenvalue weighted by Gasteiger charge is -2.06. The number of esters is 1. The fourth-order valence-electron chi connectivity index (χ4n) is 1.92. The molecule has 0 saturated carbocycles. The molecule has 0 bridgehead atoms. The molecule has 1 aromatic carbocycles. The largest absolute Gasteiger partial charge is 0.462 e. The first kappa shape index (κ1) is 14.0. The van der Waals surface area contributed by atoms with Gasteiger partial charge in [-0.25, -0.2) is 4.79 Å². The molecule has 2 aromatic rings. The number of aromatic amines is 1. The number of ether oxygens (including phenoxy) is 1. The van der Waals surface area contributed by atoms with Crippen LogP contribution in [0.5, 0.6) is 0 Å². The second-order valence-electron chi connectivity index (χ2n) is 4.09. The Labute approximate surface area is 124 Å². The summed E-state index contributed by atoms with van der Waals surface area (Å²) >= 11 is 2.24. The van der Waals surface area contributed by atoms with Crippen LogP contribution in [0.1, 0.15) is 29.8 Å². The van der Waals surface area contributed by atoms with Gasteiger partial charge in [0.2, 0.25) is 5.43 Å². The number of nitrogens with one attached hydrogen (secondary N) is 1. The number of fused-ring (bicyclic) bond motifs is 1. The van der Waals surface area contributed by atoms with Crippen molar-refractivity contribution in [3.63, 3.8) is 0 Å². The summed E-state index contributed by atoms with van der Waals surface area (Å²) in [7, 11) is 0. The van der Waals surface area contributed by atoms with E-state index in [1.54, 1.807) is 6.92 Å². The summed E-state index contributed by atoms with van der Waals surface area (Å²) in [5, 5.41) is 0.530. The highest BCUT2D eigenvalue weighted by Gasteiger charge is 2.14. The standard InChI is InChI=1S/C14H14INO3/c1-3-8-5-9-12(6-11(8)15)16-7-10(13(9)17)14(18)19-4-2/h5-7H,3-4H2,1-2H3,(H,16,17). The topological polar surface area (TPSA) is 59.2 Å². The van der Waals surface area contributed by atoms with Crippen molar-refractivity contribution in [2.75, 3.05) is 6.61 Å². The van der Waals surface area contributed by atoms with Crippen LogP contribution in [0.15, 0.2) is 23.1 Å². The number of hydrogen-bond donors (Lipinski definition) is 1. The summed E-state index contributed by atoms with van der Waals surface area (Å²) in [4.78, 5) is 27.0. The minimum absolute atomic E-state index is 0.0533. The molecule has 5 heteroatoms. The van der Waals surface area contributed by atoms with Crippen molar-refractivity contribution in [3.8, 4) is 0 Å². The van der Waals surface area contributed by atoms with E-state index in [2.05, 4.69) is 27.6 Å². The van der Waals surface area contributed by atoms with Crippen molar-refractivity contribution in [2.24, 2.45) is 0 Å². The number of aromatic nitrogens is 1. The van der Waals surface area contributed by atoms with E-state index < -0.39 is 5.97 Å². The Morgan fingerprint density at radius 2 is 2.11 bits per heavy atom. The molecule has 0 radical (unpaired) electrons. The van der Waals surface area contributed by atoms with Gasteiger partial charge in [0.1, 0.15) is 5.56 Å². The van der Waals surface area contributed by atoms with Gasteiger partial charge in [-0.05, 0) is 53.6 Å². The zero-order valence-electron chi connectivity index (χ0n) is 10.7. The predicted octanol–water partition coefficient (Wildman–Crippen LogP) is 2.87. The smallest absolute Gasteiger partial charge is 0.343 e. The SMILES string of the molecule is CCOC(=O)c1c[nH]c2cc(I)c(CC)cc2c1=O. The molecule has 0 spiro atoms. The second-order valence-corrected chi connectivity index (χ2v) is 5.26. The Balaban J connectivity index is 2.67. The van der Waals surface area contributed by atoms with E-state index in [1.165, 1.54) is 6.20 Å². The van der Waals surface area contributed by atoms with Gasteiger partial charge in [-0.1, -0.05) is 6.92 Å². The summed E-state index contributed by atoms with van der Waals surface area (Å²) in [6.07, 6.45) is 2.27. The zero-order chi connectivity index (χ0) is 14.0. The lowest BCUT2D eigenvalue weighted by molar-refractivity contribution is 0.0524. The van der Waals surface area contributed by atoms with Gasteiger partial charge in [0.05, 0.1) is 12.1 Å². The first-order chi connectivity index (χ1) is 9.08.